The lowest BCUT2D eigenvalue weighted by Crippen LogP contribution is -2.37. The molecule has 5 nitrogen and oxygen atoms in total. The molecular weight excluding hydrogens is 172 g/mol. The Morgan fingerprint density at radius 2 is 2.08 bits per heavy atom. The first-order chi connectivity index (χ1) is 5.99. The number of rotatable bonds is 6. The van der Waals surface area contributed by atoms with Crippen molar-refractivity contribution in [3.8, 4) is 0 Å². The Bertz CT molecular complexity index is 161. The van der Waals surface area contributed by atoms with Gasteiger partial charge in [0.15, 0.2) is 0 Å². The molecule has 0 aromatic rings. The third-order valence-corrected chi connectivity index (χ3v) is 1.90. The van der Waals surface area contributed by atoms with Gasteiger partial charge < -0.3 is 20.8 Å². The maximum Gasteiger partial charge on any atom is 0.223 e. The number of nitrogens with two attached hydrogens (primary N) is 1. The molecule has 0 saturated carbocycles. The summed E-state index contributed by atoms with van der Waals surface area (Å²) in [5.74, 6) is -1.23. The van der Waals surface area contributed by atoms with Crippen molar-refractivity contribution in [2.24, 2.45) is 11.7 Å². The Hall–Kier alpha value is -0.650. The quantitative estimate of drug-likeness (QED) is 0.470. The highest BCUT2D eigenvalue weighted by Crippen LogP contribution is 2.08. The van der Waals surface area contributed by atoms with Gasteiger partial charge in [-0.2, -0.15) is 0 Å². The molecular formula is C8H18N2O3. The number of amides is 1. The summed E-state index contributed by atoms with van der Waals surface area (Å²) in [6.07, 6.45) is -0.582. The van der Waals surface area contributed by atoms with Gasteiger partial charge in [0, 0.05) is 0 Å². The van der Waals surface area contributed by atoms with Crippen LogP contribution in [-0.2, 0) is 4.79 Å². The zero-order valence-electron chi connectivity index (χ0n) is 8.10. The topological polar surface area (TPSA) is 86.8 Å². The van der Waals surface area contributed by atoms with Gasteiger partial charge in [-0.3, -0.25) is 4.79 Å². The molecule has 0 fully saturated rings. The lowest BCUT2D eigenvalue weighted by Gasteiger charge is -2.19. The SMILES string of the molecule is CN(C)CCC(C(N)=O)C(O)CO. The zero-order chi connectivity index (χ0) is 10.4. The van der Waals surface area contributed by atoms with E-state index in [1.54, 1.807) is 0 Å². The molecule has 0 bridgehead atoms. The van der Waals surface area contributed by atoms with Gasteiger partial charge in [-0.25, -0.2) is 0 Å². The van der Waals surface area contributed by atoms with Crippen LogP contribution in [0.2, 0.25) is 0 Å². The Balaban J connectivity index is 4.02. The van der Waals surface area contributed by atoms with Crippen LogP contribution in [0.1, 0.15) is 6.42 Å². The van der Waals surface area contributed by atoms with Gasteiger partial charge in [0.25, 0.3) is 0 Å². The monoisotopic (exact) mass is 190 g/mol. The van der Waals surface area contributed by atoms with E-state index in [0.29, 0.717) is 13.0 Å². The molecule has 0 heterocycles. The van der Waals surface area contributed by atoms with Gasteiger partial charge in [-0.05, 0) is 27.1 Å². The van der Waals surface area contributed by atoms with Gasteiger partial charge in [-0.1, -0.05) is 0 Å². The minimum absolute atomic E-state index is 0.430. The number of hydrogen-bond donors (Lipinski definition) is 3. The number of primary amides is 1. The molecule has 0 aliphatic carbocycles. The molecule has 0 radical (unpaired) electrons. The van der Waals surface area contributed by atoms with Crippen LogP contribution in [0.3, 0.4) is 0 Å². The van der Waals surface area contributed by atoms with Crippen molar-refractivity contribution in [1.29, 1.82) is 0 Å². The fourth-order valence-electron chi connectivity index (χ4n) is 1.05. The van der Waals surface area contributed by atoms with Crippen LogP contribution in [0.15, 0.2) is 0 Å². The van der Waals surface area contributed by atoms with E-state index in [9.17, 15) is 9.90 Å². The summed E-state index contributed by atoms with van der Waals surface area (Å²) < 4.78 is 0. The second-order valence-electron chi connectivity index (χ2n) is 3.35. The van der Waals surface area contributed by atoms with Crippen molar-refractivity contribution in [2.75, 3.05) is 27.2 Å². The Morgan fingerprint density at radius 1 is 1.54 bits per heavy atom. The molecule has 5 heteroatoms. The predicted octanol–water partition coefficient (Wildman–Crippen LogP) is -1.61. The van der Waals surface area contributed by atoms with Crippen LogP contribution < -0.4 is 5.73 Å². The summed E-state index contributed by atoms with van der Waals surface area (Å²) in [4.78, 5) is 12.7. The first-order valence-electron chi connectivity index (χ1n) is 4.22. The van der Waals surface area contributed by atoms with E-state index in [4.69, 9.17) is 10.8 Å². The molecule has 4 N–H and O–H groups in total. The minimum Gasteiger partial charge on any atom is -0.394 e. The molecule has 0 spiro atoms. The molecule has 0 aromatic heterocycles. The lowest BCUT2D eigenvalue weighted by molar-refractivity contribution is -0.126. The van der Waals surface area contributed by atoms with E-state index >= 15 is 0 Å². The standard InChI is InChI=1S/C8H18N2O3/c1-10(2)4-3-6(8(9)13)7(12)5-11/h6-7,11-12H,3-5H2,1-2H3,(H2,9,13). The van der Waals surface area contributed by atoms with Crippen molar-refractivity contribution in [3.63, 3.8) is 0 Å². The molecule has 0 aliphatic rings. The smallest absolute Gasteiger partial charge is 0.223 e. The van der Waals surface area contributed by atoms with E-state index < -0.39 is 24.5 Å². The number of carbonyl (C=O) groups excluding carboxylic acids is 1. The summed E-state index contributed by atoms with van der Waals surface area (Å²) >= 11 is 0. The highest BCUT2D eigenvalue weighted by atomic mass is 16.3. The molecule has 0 aromatic carbocycles. The first kappa shape index (κ1) is 12.3. The fourth-order valence-corrected chi connectivity index (χ4v) is 1.05. The van der Waals surface area contributed by atoms with E-state index in [2.05, 4.69) is 0 Å². The van der Waals surface area contributed by atoms with Crippen molar-refractivity contribution >= 4 is 5.91 Å². The van der Waals surface area contributed by atoms with Crippen LogP contribution in [0.5, 0.6) is 0 Å². The summed E-state index contributed by atoms with van der Waals surface area (Å²) in [5.41, 5.74) is 5.07. The zero-order valence-corrected chi connectivity index (χ0v) is 8.10. The van der Waals surface area contributed by atoms with Crippen LogP contribution in [0, 0.1) is 5.92 Å². The van der Waals surface area contributed by atoms with Crippen molar-refractivity contribution in [1.82, 2.24) is 4.90 Å². The summed E-state index contributed by atoms with van der Waals surface area (Å²) in [6, 6.07) is 0. The first-order valence-corrected chi connectivity index (χ1v) is 4.22. The lowest BCUT2D eigenvalue weighted by atomic mass is 9.98. The average Bonchev–Trinajstić information content (AvgIpc) is 2.03. The van der Waals surface area contributed by atoms with Gasteiger partial charge >= 0.3 is 0 Å². The van der Waals surface area contributed by atoms with E-state index in [-0.39, 0.29) is 0 Å². The Morgan fingerprint density at radius 3 is 2.38 bits per heavy atom. The van der Waals surface area contributed by atoms with Crippen LogP contribution in [0.25, 0.3) is 0 Å². The summed E-state index contributed by atoms with van der Waals surface area (Å²) in [7, 11) is 3.73. The van der Waals surface area contributed by atoms with Crippen molar-refractivity contribution in [3.05, 3.63) is 0 Å². The molecule has 1 amide bonds. The highest BCUT2D eigenvalue weighted by Gasteiger charge is 2.23. The number of nitrogens with zero attached hydrogens (tertiary/aromatic N) is 1. The normalized spacial score (nSPS) is 15.8. The molecule has 13 heavy (non-hydrogen) atoms. The second-order valence-corrected chi connectivity index (χ2v) is 3.35. The highest BCUT2D eigenvalue weighted by molar-refractivity contribution is 5.77. The minimum atomic E-state index is -1.04. The molecule has 0 rings (SSSR count). The molecule has 0 saturated heterocycles. The third kappa shape index (κ3) is 4.82. The Labute approximate surface area is 78.1 Å². The molecule has 0 aliphatic heterocycles. The van der Waals surface area contributed by atoms with Crippen LogP contribution in [0.4, 0.5) is 0 Å². The van der Waals surface area contributed by atoms with Gasteiger partial charge in [0.2, 0.25) is 5.91 Å². The predicted molar refractivity (Wildman–Crippen MR) is 48.9 cm³/mol. The number of carbonyl (C=O) groups is 1. The maximum atomic E-state index is 10.8. The molecule has 78 valence electrons. The van der Waals surface area contributed by atoms with E-state index in [1.807, 2.05) is 19.0 Å². The third-order valence-electron chi connectivity index (χ3n) is 1.90. The van der Waals surface area contributed by atoms with E-state index in [1.165, 1.54) is 0 Å². The van der Waals surface area contributed by atoms with Crippen molar-refractivity contribution < 1.29 is 15.0 Å². The van der Waals surface area contributed by atoms with Gasteiger partial charge in [-0.15, -0.1) is 0 Å². The summed E-state index contributed by atoms with van der Waals surface area (Å²) in [6.45, 7) is 0.228. The number of aliphatic hydroxyl groups is 2. The molecule has 2 atom stereocenters. The molecule has 2 unspecified atom stereocenters. The van der Waals surface area contributed by atoms with E-state index in [0.717, 1.165) is 0 Å². The largest absolute Gasteiger partial charge is 0.394 e. The van der Waals surface area contributed by atoms with Crippen molar-refractivity contribution in [2.45, 2.75) is 12.5 Å². The fraction of sp³-hybridized carbons (Fsp3) is 0.875. The van der Waals surface area contributed by atoms with Crippen LogP contribution >= 0.6 is 0 Å². The maximum absolute atomic E-state index is 10.8. The Kier molecular flexibility index (Phi) is 5.61. The number of hydrogen-bond acceptors (Lipinski definition) is 4. The average molecular weight is 190 g/mol. The van der Waals surface area contributed by atoms with Gasteiger partial charge in [0.1, 0.15) is 0 Å². The number of aliphatic hydroxyl groups excluding tert-OH is 2. The van der Waals surface area contributed by atoms with Gasteiger partial charge in [0.05, 0.1) is 18.6 Å². The summed E-state index contributed by atoms with van der Waals surface area (Å²) in [5, 5.41) is 17.9. The van der Waals surface area contributed by atoms with Crippen LogP contribution in [-0.4, -0.2) is 54.4 Å². The second kappa shape index (κ2) is 5.90.